The number of imide groups is 1. The maximum atomic E-state index is 13.8. The highest BCUT2D eigenvalue weighted by Gasteiger charge is 2.58. The molecule has 2 aromatic rings. The number of nitrogens with zero attached hydrogens (tertiary/aromatic N) is 3. The Bertz CT molecular complexity index is 1180. The van der Waals surface area contributed by atoms with Crippen LogP contribution in [0.25, 0.3) is 0 Å². The summed E-state index contributed by atoms with van der Waals surface area (Å²) in [6, 6.07) is 11.4. The molecule has 2 aromatic carbocycles. The molecule has 1 aliphatic rings. The van der Waals surface area contributed by atoms with Crippen LogP contribution in [0.5, 0.6) is 0 Å². The van der Waals surface area contributed by atoms with Crippen LogP contribution >= 0.6 is 0 Å². The van der Waals surface area contributed by atoms with Crippen LogP contribution in [-0.2, 0) is 26.1 Å². The van der Waals surface area contributed by atoms with E-state index in [1.165, 1.54) is 13.1 Å². The van der Waals surface area contributed by atoms with Gasteiger partial charge in [0.25, 0.3) is 5.91 Å². The zero-order valence-electron chi connectivity index (χ0n) is 19.7. The predicted octanol–water partition coefficient (Wildman–Crippen LogP) is -0.0573. The molecule has 12 heteroatoms. The molecule has 36 heavy (non-hydrogen) atoms. The van der Waals surface area contributed by atoms with Crippen molar-refractivity contribution in [1.82, 2.24) is 4.90 Å². The first-order valence-electron chi connectivity index (χ1n) is 10.7. The number of carbonyl (C=O) groups excluding carboxylic acids is 3. The van der Waals surface area contributed by atoms with E-state index in [4.69, 9.17) is 10.1 Å². The zero-order valence-corrected chi connectivity index (χ0v) is 20.4. The molecule has 192 valence electrons. The van der Waals surface area contributed by atoms with Gasteiger partial charge in [-0.3, -0.25) is 4.79 Å². The SMILES string of the molecule is CC(C)CC(=O)[NH2+]OC[C@@]1(c2ccccc2)C(=O)N(c2ccc(C#N)c(C(F)(F)F)c2)C(=O)N1C.[Cl-]. The van der Waals surface area contributed by atoms with Crippen molar-refractivity contribution in [2.75, 3.05) is 18.6 Å². The van der Waals surface area contributed by atoms with Crippen molar-refractivity contribution in [2.24, 2.45) is 5.92 Å². The molecule has 4 amide bonds. The Morgan fingerprint density at radius 3 is 2.36 bits per heavy atom. The molecule has 0 unspecified atom stereocenters. The number of hydrogen-bond donors (Lipinski definition) is 1. The van der Waals surface area contributed by atoms with Gasteiger partial charge in [0.05, 0.1) is 29.3 Å². The van der Waals surface area contributed by atoms with Crippen molar-refractivity contribution in [3.63, 3.8) is 0 Å². The number of nitriles is 1. The minimum Gasteiger partial charge on any atom is -1.00 e. The van der Waals surface area contributed by atoms with Crippen molar-refractivity contribution in [3.8, 4) is 6.07 Å². The highest BCUT2D eigenvalue weighted by Crippen LogP contribution is 2.41. The Morgan fingerprint density at radius 2 is 1.81 bits per heavy atom. The van der Waals surface area contributed by atoms with E-state index >= 15 is 0 Å². The Kier molecular flexibility index (Phi) is 8.85. The summed E-state index contributed by atoms with van der Waals surface area (Å²) in [5, 5.41) is 9.06. The Morgan fingerprint density at radius 1 is 1.17 bits per heavy atom. The number of likely N-dealkylation sites (N-methyl/N-ethyl adjacent to an activating group) is 1. The lowest BCUT2D eigenvalue weighted by Crippen LogP contribution is -3.00. The van der Waals surface area contributed by atoms with Crippen LogP contribution in [0.15, 0.2) is 48.5 Å². The monoisotopic (exact) mass is 524 g/mol. The molecule has 0 saturated carbocycles. The lowest BCUT2D eigenvalue weighted by molar-refractivity contribution is -0.829. The zero-order chi connectivity index (χ0) is 26.0. The first-order valence-corrected chi connectivity index (χ1v) is 10.7. The number of alkyl halides is 3. The number of urea groups is 1. The molecule has 0 radical (unpaired) electrons. The van der Waals surface area contributed by atoms with Gasteiger partial charge < -0.3 is 17.3 Å². The van der Waals surface area contributed by atoms with Gasteiger partial charge in [0.1, 0.15) is 6.61 Å². The van der Waals surface area contributed by atoms with Crippen LogP contribution in [-0.4, -0.2) is 36.4 Å². The number of primary amides is 1. The van der Waals surface area contributed by atoms with E-state index < -0.39 is 41.4 Å². The molecule has 0 spiro atoms. The molecule has 1 fully saturated rings. The summed E-state index contributed by atoms with van der Waals surface area (Å²) in [7, 11) is 1.33. The molecule has 8 nitrogen and oxygen atoms in total. The van der Waals surface area contributed by atoms with Crippen LogP contribution in [0, 0.1) is 17.2 Å². The van der Waals surface area contributed by atoms with E-state index in [9.17, 15) is 27.6 Å². The molecule has 3 rings (SSSR count). The average molecular weight is 525 g/mol. The first kappa shape index (κ1) is 28.8. The normalized spacial score (nSPS) is 17.8. The fraction of sp³-hybridized carbons (Fsp3) is 0.333. The van der Waals surface area contributed by atoms with Gasteiger partial charge in [-0.05, 0) is 29.7 Å². The average Bonchev–Trinajstić information content (AvgIpc) is 2.99. The summed E-state index contributed by atoms with van der Waals surface area (Å²) >= 11 is 0. The van der Waals surface area contributed by atoms with E-state index in [2.05, 4.69) is 0 Å². The fourth-order valence-corrected chi connectivity index (χ4v) is 3.94. The second-order valence-corrected chi connectivity index (χ2v) is 8.54. The largest absolute Gasteiger partial charge is 1.00 e. The van der Waals surface area contributed by atoms with Crippen molar-refractivity contribution in [1.29, 1.82) is 5.26 Å². The van der Waals surface area contributed by atoms with Crippen LogP contribution < -0.4 is 22.8 Å². The van der Waals surface area contributed by atoms with E-state index in [0.29, 0.717) is 16.5 Å². The van der Waals surface area contributed by atoms with E-state index in [1.54, 1.807) is 30.3 Å². The third kappa shape index (κ3) is 5.36. The van der Waals surface area contributed by atoms with Crippen LogP contribution in [0.1, 0.15) is 37.0 Å². The molecule has 1 atom stereocenters. The summed E-state index contributed by atoms with van der Waals surface area (Å²) in [5.74, 6) is -1.07. The van der Waals surface area contributed by atoms with E-state index in [1.807, 2.05) is 13.8 Å². The molecule has 1 saturated heterocycles. The van der Waals surface area contributed by atoms with Gasteiger partial charge in [-0.2, -0.15) is 23.3 Å². The lowest BCUT2D eigenvalue weighted by atomic mass is 9.89. The maximum Gasteiger partial charge on any atom is 0.417 e. The van der Waals surface area contributed by atoms with Crippen molar-refractivity contribution in [2.45, 2.75) is 32.0 Å². The van der Waals surface area contributed by atoms with Crippen LogP contribution in [0.2, 0.25) is 0 Å². The molecule has 2 N–H and O–H groups in total. The van der Waals surface area contributed by atoms with Crippen molar-refractivity contribution >= 4 is 23.5 Å². The second-order valence-electron chi connectivity index (χ2n) is 8.54. The van der Waals surface area contributed by atoms with Gasteiger partial charge in [0, 0.05) is 7.05 Å². The summed E-state index contributed by atoms with van der Waals surface area (Å²) < 4.78 is 40.6. The highest BCUT2D eigenvalue weighted by molar-refractivity contribution is 6.23. The molecule has 1 heterocycles. The second kappa shape index (κ2) is 11.1. The molecule has 1 aliphatic heterocycles. The fourth-order valence-electron chi connectivity index (χ4n) is 3.94. The topological polar surface area (TPSA) is 107 Å². The summed E-state index contributed by atoms with van der Waals surface area (Å²) in [6.07, 6.45) is -4.65. The smallest absolute Gasteiger partial charge is 0.417 e. The summed E-state index contributed by atoms with van der Waals surface area (Å²) in [6.45, 7) is 3.28. The number of halogens is 4. The molecular formula is C24H24ClF3N4O4. The number of hydroxylamine groups is 1. The van der Waals surface area contributed by atoms with Gasteiger partial charge in [-0.1, -0.05) is 44.2 Å². The summed E-state index contributed by atoms with van der Waals surface area (Å²) in [5.41, 5.74) is -2.62. The quantitative estimate of drug-likeness (QED) is 0.403. The molecular weight excluding hydrogens is 501 g/mol. The molecule has 0 aliphatic carbocycles. The minimum absolute atomic E-state index is 0. The van der Waals surface area contributed by atoms with E-state index in [-0.39, 0.29) is 36.3 Å². The standard InChI is InChI=1S/C24H23F3N4O4.ClH/c1-15(2)11-20(32)29-35-14-23(17-7-5-4-6-8-17)21(33)31(22(34)30(23)3)18-10-9-16(13-28)19(12-18)24(25,26)27;/h4-10,12,15H,11,14H2,1-3H3,(H,29,32);1H/t23-;/m1./s1. The van der Waals surface area contributed by atoms with Gasteiger partial charge in [-0.25, -0.2) is 14.5 Å². The predicted molar refractivity (Wildman–Crippen MR) is 117 cm³/mol. The minimum atomic E-state index is -4.87. The van der Waals surface area contributed by atoms with Gasteiger partial charge in [-0.15, -0.1) is 5.48 Å². The number of benzene rings is 2. The molecule has 0 aromatic heterocycles. The molecule has 0 bridgehead atoms. The lowest BCUT2D eigenvalue weighted by Gasteiger charge is -2.31. The number of rotatable bonds is 7. The van der Waals surface area contributed by atoms with Gasteiger partial charge in [0.2, 0.25) is 0 Å². The van der Waals surface area contributed by atoms with Crippen molar-refractivity contribution < 1.29 is 50.3 Å². The number of amides is 4. The van der Waals surface area contributed by atoms with Crippen LogP contribution in [0.4, 0.5) is 23.7 Å². The third-order valence-corrected chi connectivity index (χ3v) is 5.66. The number of carbonyl (C=O) groups is 3. The third-order valence-electron chi connectivity index (χ3n) is 5.66. The van der Waals surface area contributed by atoms with E-state index in [0.717, 1.165) is 22.5 Å². The number of nitrogens with two attached hydrogens (primary N) is 1. The Labute approximate surface area is 212 Å². The van der Waals surface area contributed by atoms with Gasteiger partial charge in [0.15, 0.2) is 5.54 Å². The van der Waals surface area contributed by atoms with Crippen molar-refractivity contribution in [3.05, 3.63) is 65.2 Å². The summed E-state index contributed by atoms with van der Waals surface area (Å²) in [4.78, 5) is 46.3. The maximum absolute atomic E-state index is 13.8. The Balaban J connectivity index is 0.00000456. The number of quaternary nitrogens is 1. The van der Waals surface area contributed by atoms with Gasteiger partial charge >= 0.3 is 18.1 Å². The highest BCUT2D eigenvalue weighted by atomic mass is 35.5. The number of anilines is 1. The van der Waals surface area contributed by atoms with Crippen LogP contribution in [0.3, 0.4) is 0 Å². The first-order chi connectivity index (χ1) is 16.4. The Hall–Kier alpha value is -3.46. The number of hydrogen-bond acceptors (Lipinski definition) is 5.